The molecule has 22 heavy (non-hydrogen) atoms. The lowest BCUT2D eigenvalue weighted by molar-refractivity contribution is 0.477. The van der Waals surface area contributed by atoms with Crippen molar-refractivity contribution in [1.82, 2.24) is 0 Å². The van der Waals surface area contributed by atoms with E-state index in [4.69, 9.17) is 26.9 Å². The third-order valence-corrected chi connectivity index (χ3v) is 2.76. The van der Waals surface area contributed by atoms with Gasteiger partial charge in [-0.15, -0.1) is 0 Å². The van der Waals surface area contributed by atoms with Gasteiger partial charge in [0.2, 0.25) is 5.71 Å². The average Bonchev–Trinajstić information content (AvgIpc) is 2.51. The minimum Gasteiger partial charge on any atom is -0.456 e. The number of rotatable bonds is 4. The summed E-state index contributed by atoms with van der Waals surface area (Å²) >= 11 is 6.06. The fourth-order valence-electron chi connectivity index (χ4n) is 1.51. The van der Waals surface area contributed by atoms with Crippen LogP contribution in [-0.4, -0.2) is 5.71 Å². The van der Waals surface area contributed by atoms with Gasteiger partial charge >= 0.3 is 0 Å². The van der Waals surface area contributed by atoms with Gasteiger partial charge in [-0.05, 0) is 30.3 Å². The summed E-state index contributed by atoms with van der Waals surface area (Å²) in [5, 5.41) is 21.0. The van der Waals surface area contributed by atoms with Crippen molar-refractivity contribution in [2.24, 2.45) is 5.10 Å². The molecule has 0 amide bonds. The van der Waals surface area contributed by atoms with Gasteiger partial charge in [0, 0.05) is 6.07 Å². The Hall–Kier alpha value is -3.09. The molecular weight excluding hydrogens is 307 g/mol. The average molecular weight is 315 g/mol. The highest BCUT2D eigenvalue weighted by Gasteiger charge is 2.05. The lowest BCUT2D eigenvalue weighted by Gasteiger charge is -2.09. The smallest absolute Gasteiger partial charge is 0.237 e. The first-order chi connectivity index (χ1) is 10.6. The zero-order valence-corrected chi connectivity index (χ0v) is 11.8. The summed E-state index contributed by atoms with van der Waals surface area (Å²) in [5.74, 6) is 0.237. The Labute approximate surface area is 130 Å². The number of nitrogens with zero attached hydrogens (tertiary/aromatic N) is 3. The van der Waals surface area contributed by atoms with E-state index in [1.54, 1.807) is 30.3 Å². The zero-order chi connectivity index (χ0) is 15.9. The van der Waals surface area contributed by atoms with Gasteiger partial charge in [0.1, 0.15) is 29.5 Å². The summed E-state index contributed by atoms with van der Waals surface area (Å²) in [6.45, 7) is 0. The number of nitriles is 2. The first kappa shape index (κ1) is 15.3. The van der Waals surface area contributed by atoms with E-state index in [1.807, 2.05) is 0 Å². The molecule has 0 heterocycles. The quantitative estimate of drug-likeness (QED) is 0.680. The molecule has 5 nitrogen and oxygen atoms in total. The maximum atomic E-state index is 13.1. The second-order valence-corrected chi connectivity index (χ2v) is 4.41. The highest BCUT2D eigenvalue weighted by molar-refractivity contribution is 6.32. The SMILES string of the molecule is N#CC(C#N)=NNc1ccc(Oc2cccc(F)c2)c(Cl)c1. The van der Waals surface area contributed by atoms with Crippen LogP contribution in [0.4, 0.5) is 10.1 Å². The third-order valence-electron chi connectivity index (χ3n) is 2.46. The van der Waals surface area contributed by atoms with Crippen molar-refractivity contribution in [3.05, 3.63) is 53.3 Å². The predicted octanol–water partition coefficient (Wildman–Crippen LogP) is 4.09. The summed E-state index contributed by atoms with van der Waals surface area (Å²) < 4.78 is 18.6. The van der Waals surface area contributed by atoms with Gasteiger partial charge in [0.25, 0.3) is 0 Å². The van der Waals surface area contributed by atoms with Crippen molar-refractivity contribution in [3.63, 3.8) is 0 Å². The van der Waals surface area contributed by atoms with Crippen molar-refractivity contribution in [3.8, 4) is 23.6 Å². The first-order valence-corrected chi connectivity index (χ1v) is 6.37. The highest BCUT2D eigenvalue weighted by atomic mass is 35.5. The number of benzene rings is 2. The van der Waals surface area contributed by atoms with E-state index in [2.05, 4.69) is 10.5 Å². The Kier molecular flexibility index (Phi) is 4.92. The lowest BCUT2D eigenvalue weighted by atomic mass is 10.3. The van der Waals surface area contributed by atoms with E-state index in [0.29, 0.717) is 17.2 Å². The lowest BCUT2D eigenvalue weighted by Crippen LogP contribution is -1.96. The van der Waals surface area contributed by atoms with Gasteiger partial charge in [0.15, 0.2) is 0 Å². The van der Waals surface area contributed by atoms with Crippen LogP contribution in [0.5, 0.6) is 11.5 Å². The topological polar surface area (TPSA) is 81.2 Å². The molecule has 0 aliphatic rings. The molecule has 1 N–H and O–H groups in total. The summed E-state index contributed by atoms with van der Waals surface area (Å²) in [6.07, 6.45) is 0. The third kappa shape index (κ3) is 3.95. The zero-order valence-electron chi connectivity index (χ0n) is 11.0. The number of halogens is 2. The molecule has 0 fully saturated rings. The van der Waals surface area contributed by atoms with Crippen LogP contribution in [0.1, 0.15) is 0 Å². The fraction of sp³-hybridized carbons (Fsp3) is 0. The molecule has 0 atom stereocenters. The number of hydrazone groups is 1. The van der Waals surface area contributed by atoms with Gasteiger partial charge in [0.05, 0.1) is 10.7 Å². The molecule has 0 aromatic heterocycles. The van der Waals surface area contributed by atoms with Crippen LogP contribution in [0.2, 0.25) is 5.02 Å². The normalized spacial score (nSPS) is 9.27. The number of hydrogen-bond acceptors (Lipinski definition) is 5. The predicted molar refractivity (Wildman–Crippen MR) is 80.2 cm³/mol. The second-order valence-electron chi connectivity index (χ2n) is 4.00. The number of nitrogens with one attached hydrogen (secondary N) is 1. The van der Waals surface area contributed by atoms with E-state index in [9.17, 15) is 4.39 Å². The Morgan fingerprint density at radius 3 is 2.59 bits per heavy atom. The maximum absolute atomic E-state index is 13.1. The van der Waals surface area contributed by atoms with Gasteiger partial charge in [-0.2, -0.15) is 15.6 Å². The van der Waals surface area contributed by atoms with Gasteiger partial charge in [-0.25, -0.2) is 4.39 Å². The second kappa shape index (κ2) is 7.07. The molecule has 2 aromatic rings. The van der Waals surface area contributed by atoms with Gasteiger partial charge in [-0.3, -0.25) is 5.43 Å². The van der Waals surface area contributed by atoms with Crippen molar-refractivity contribution in [2.75, 3.05) is 5.43 Å². The molecule has 0 saturated heterocycles. The molecule has 108 valence electrons. The largest absolute Gasteiger partial charge is 0.456 e. The summed E-state index contributed by atoms with van der Waals surface area (Å²) in [4.78, 5) is 0. The Morgan fingerprint density at radius 2 is 1.95 bits per heavy atom. The molecule has 0 radical (unpaired) electrons. The summed E-state index contributed by atoms with van der Waals surface area (Å²) in [7, 11) is 0. The van der Waals surface area contributed by atoms with Crippen molar-refractivity contribution in [1.29, 1.82) is 10.5 Å². The van der Waals surface area contributed by atoms with E-state index in [-0.39, 0.29) is 10.7 Å². The van der Waals surface area contributed by atoms with Gasteiger partial charge < -0.3 is 4.74 Å². The van der Waals surface area contributed by atoms with Crippen molar-refractivity contribution >= 4 is 23.0 Å². The fourth-order valence-corrected chi connectivity index (χ4v) is 1.73. The molecule has 0 aliphatic carbocycles. The molecule has 0 unspecified atom stereocenters. The molecular formula is C15H8ClFN4O. The van der Waals surface area contributed by atoms with Crippen LogP contribution < -0.4 is 10.2 Å². The van der Waals surface area contributed by atoms with E-state index < -0.39 is 5.82 Å². The van der Waals surface area contributed by atoms with E-state index in [0.717, 1.165) is 0 Å². The highest BCUT2D eigenvalue weighted by Crippen LogP contribution is 2.31. The molecule has 2 rings (SSSR count). The molecule has 0 saturated carbocycles. The van der Waals surface area contributed by atoms with Crippen molar-refractivity contribution in [2.45, 2.75) is 0 Å². The summed E-state index contributed by atoms with van der Waals surface area (Å²) in [5.41, 5.74) is 2.69. The van der Waals surface area contributed by atoms with Crippen LogP contribution in [0.25, 0.3) is 0 Å². The van der Waals surface area contributed by atoms with Crippen molar-refractivity contribution < 1.29 is 9.13 Å². The van der Waals surface area contributed by atoms with E-state index in [1.165, 1.54) is 24.3 Å². The Balaban J connectivity index is 2.15. The maximum Gasteiger partial charge on any atom is 0.237 e. The Morgan fingerprint density at radius 1 is 1.18 bits per heavy atom. The van der Waals surface area contributed by atoms with Crippen LogP contribution in [0.3, 0.4) is 0 Å². The summed E-state index contributed by atoms with van der Waals surface area (Å²) in [6, 6.07) is 13.6. The number of anilines is 1. The number of hydrogen-bond donors (Lipinski definition) is 1. The van der Waals surface area contributed by atoms with Crippen LogP contribution in [-0.2, 0) is 0 Å². The van der Waals surface area contributed by atoms with Crippen LogP contribution in [0, 0.1) is 28.5 Å². The molecule has 0 aliphatic heterocycles. The number of ether oxygens (including phenoxy) is 1. The Bertz CT molecular complexity index is 792. The minimum atomic E-state index is -0.415. The van der Waals surface area contributed by atoms with Crippen LogP contribution in [0.15, 0.2) is 47.6 Å². The molecule has 7 heteroatoms. The van der Waals surface area contributed by atoms with E-state index >= 15 is 0 Å². The van der Waals surface area contributed by atoms with Crippen LogP contribution >= 0.6 is 11.6 Å². The minimum absolute atomic E-state index is 0.264. The van der Waals surface area contributed by atoms with Gasteiger partial charge in [-0.1, -0.05) is 17.7 Å². The molecule has 2 aromatic carbocycles. The molecule has 0 spiro atoms. The standard InChI is InChI=1S/C15H8ClFN4O/c16-14-7-11(20-21-12(8-18)9-19)4-5-15(14)22-13-3-1-2-10(17)6-13/h1-7,20H. The first-order valence-electron chi connectivity index (χ1n) is 5.99. The monoisotopic (exact) mass is 314 g/mol. The molecule has 0 bridgehead atoms.